The van der Waals surface area contributed by atoms with Crippen molar-refractivity contribution in [2.24, 2.45) is 10.5 Å². The van der Waals surface area contributed by atoms with Crippen molar-refractivity contribution in [2.75, 3.05) is 13.2 Å². The third kappa shape index (κ3) is 8.83. The fourth-order valence-corrected chi connectivity index (χ4v) is 3.66. The van der Waals surface area contributed by atoms with Gasteiger partial charge in [-0.25, -0.2) is 5.43 Å². The minimum Gasteiger partial charge on any atom is -0.494 e. The molecule has 0 aliphatic carbocycles. The van der Waals surface area contributed by atoms with E-state index in [0.717, 1.165) is 24.2 Å². The Kier molecular flexibility index (Phi) is 8.66. The highest BCUT2D eigenvalue weighted by Crippen LogP contribution is 2.36. The number of ether oxygens (including phenoxy) is 2. The molecule has 31 heavy (non-hydrogen) atoms. The number of nitrogens with zero attached hydrogens (tertiary/aromatic N) is 1. The average molecular weight is 425 g/mol. The van der Waals surface area contributed by atoms with E-state index in [1.54, 1.807) is 6.21 Å². The van der Waals surface area contributed by atoms with Gasteiger partial charge in [-0.05, 0) is 71.2 Å². The van der Waals surface area contributed by atoms with Crippen molar-refractivity contribution in [3.63, 3.8) is 0 Å². The quantitative estimate of drug-likeness (QED) is 0.392. The van der Waals surface area contributed by atoms with Crippen LogP contribution in [0.5, 0.6) is 11.5 Å². The maximum atomic E-state index is 12.0. The van der Waals surface area contributed by atoms with Crippen molar-refractivity contribution in [3.05, 3.63) is 59.7 Å². The molecule has 0 spiro atoms. The molecule has 5 nitrogen and oxygen atoms in total. The van der Waals surface area contributed by atoms with Gasteiger partial charge in [-0.1, -0.05) is 53.7 Å². The lowest BCUT2D eigenvalue weighted by Crippen LogP contribution is -2.25. The molecular formula is C26H36N2O3. The van der Waals surface area contributed by atoms with Gasteiger partial charge in [0, 0.05) is 0 Å². The van der Waals surface area contributed by atoms with Gasteiger partial charge in [0.15, 0.2) is 6.61 Å². The van der Waals surface area contributed by atoms with E-state index in [1.807, 2.05) is 36.4 Å². The monoisotopic (exact) mass is 424 g/mol. The largest absolute Gasteiger partial charge is 0.494 e. The molecule has 0 heterocycles. The van der Waals surface area contributed by atoms with Crippen LogP contribution in [-0.4, -0.2) is 25.3 Å². The molecule has 0 saturated carbocycles. The molecule has 0 radical (unpaired) electrons. The van der Waals surface area contributed by atoms with Crippen molar-refractivity contribution in [1.82, 2.24) is 5.43 Å². The number of carbonyl (C=O) groups excluding carboxylic acids is 1. The van der Waals surface area contributed by atoms with Crippen LogP contribution in [0.3, 0.4) is 0 Å². The summed E-state index contributed by atoms with van der Waals surface area (Å²) in [6.07, 6.45) is 3.64. The zero-order chi connectivity index (χ0) is 22.9. The Hall–Kier alpha value is -2.82. The van der Waals surface area contributed by atoms with Crippen LogP contribution in [0.2, 0.25) is 0 Å². The molecule has 2 aromatic carbocycles. The van der Waals surface area contributed by atoms with Gasteiger partial charge in [-0.15, -0.1) is 0 Å². The third-order valence-electron chi connectivity index (χ3n) is 4.73. The van der Waals surface area contributed by atoms with Crippen molar-refractivity contribution in [2.45, 2.75) is 59.8 Å². The lowest BCUT2D eigenvalue weighted by Gasteiger charge is -2.33. The number of hydrogen-bond acceptors (Lipinski definition) is 4. The average Bonchev–Trinajstić information content (AvgIpc) is 2.70. The summed E-state index contributed by atoms with van der Waals surface area (Å²) < 4.78 is 11.1. The van der Waals surface area contributed by atoms with Crippen LogP contribution in [0.1, 0.15) is 65.5 Å². The summed E-state index contributed by atoms with van der Waals surface area (Å²) in [6.45, 7) is 13.9. The lowest BCUT2D eigenvalue weighted by atomic mass is 9.72. The van der Waals surface area contributed by atoms with Crippen molar-refractivity contribution < 1.29 is 14.3 Å². The zero-order valence-electron chi connectivity index (χ0n) is 19.7. The minimum absolute atomic E-state index is 0.0726. The molecule has 0 aromatic heterocycles. The molecule has 0 fully saturated rings. The summed E-state index contributed by atoms with van der Waals surface area (Å²) in [5, 5.41) is 3.98. The van der Waals surface area contributed by atoms with E-state index >= 15 is 0 Å². The second kappa shape index (κ2) is 11.0. The molecule has 5 heteroatoms. The van der Waals surface area contributed by atoms with Crippen molar-refractivity contribution >= 4 is 12.1 Å². The van der Waals surface area contributed by atoms with E-state index in [9.17, 15) is 4.79 Å². The molecule has 0 saturated heterocycles. The van der Waals surface area contributed by atoms with Gasteiger partial charge in [0.25, 0.3) is 5.91 Å². The molecule has 0 atom stereocenters. The Morgan fingerprint density at radius 2 is 1.52 bits per heavy atom. The predicted molar refractivity (Wildman–Crippen MR) is 127 cm³/mol. The molecule has 0 bridgehead atoms. The SMILES string of the molecule is CCCOc1ccc(/C=N/NC(=O)COc2ccc(C(C)(C)CC(C)(C)C)cc2)cc1. The first kappa shape index (κ1) is 24.4. The second-order valence-electron chi connectivity index (χ2n) is 9.65. The Labute approximate surface area is 186 Å². The topological polar surface area (TPSA) is 59.9 Å². The molecule has 0 aliphatic heterocycles. The number of amides is 1. The van der Waals surface area contributed by atoms with Crippen LogP contribution < -0.4 is 14.9 Å². The maximum Gasteiger partial charge on any atom is 0.277 e. The molecule has 0 unspecified atom stereocenters. The van der Waals surface area contributed by atoms with Crippen LogP contribution >= 0.6 is 0 Å². The Morgan fingerprint density at radius 3 is 2.10 bits per heavy atom. The summed E-state index contributed by atoms with van der Waals surface area (Å²) >= 11 is 0. The summed E-state index contributed by atoms with van der Waals surface area (Å²) in [7, 11) is 0. The van der Waals surface area contributed by atoms with Crippen LogP contribution in [0.4, 0.5) is 0 Å². The van der Waals surface area contributed by atoms with Crippen LogP contribution in [-0.2, 0) is 10.2 Å². The van der Waals surface area contributed by atoms with Crippen LogP contribution in [0.25, 0.3) is 0 Å². The molecule has 0 aliphatic rings. The number of benzene rings is 2. The van der Waals surface area contributed by atoms with Crippen molar-refractivity contribution in [1.29, 1.82) is 0 Å². The fraction of sp³-hybridized carbons (Fsp3) is 0.462. The predicted octanol–water partition coefficient (Wildman–Crippen LogP) is 5.72. The number of hydrazone groups is 1. The normalized spacial score (nSPS) is 12.1. The zero-order valence-corrected chi connectivity index (χ0v) is 19.7. The molecular weight excluding hydrogens is 388 g/mol. The summed E-state index contributed by atoms with van der Waals surface area (Å²) in [5.41, 5.74) is 4.94. The minimum atomic E-state index is -0.309. The number of hydrogen-bond donors (Lipinski definition) is 1. The summed E-state index contributed by atoms with van der Waals surface area (Å²) in [5.74, 6) is 1.18. The van der Waals surface area contributed by atoms with E-state index in [0.29, 0.717) is 12.4 Å². The van der Waals surface area contributed by atoms with Crippen LogP contribution in [0.15, 0.2) is 53.6 Å². The van der Waals surface area contributed by atoms with E-state index in [1.165, 1.54) is 5.56 Å². The fourth-order valence-electron chi connectivity index (χ4n) is 3.66. The van der Waals surface area contributed by atoms with Gasteiger partial charge in [0.1, 0.15) is 11.5 Å². The van der Waals surface area contributed by atoms with Crippen LogP contribution in [0, 0.1) is 5.41 Å². The van der Waals surface area contributed by atoms with Gasteiger partial charge in [-0.3, -0.25) is 4.79 Å². The highest BCUT2D eigenvalue weighted by atomic mass is 16.5. The van der Waals surface area contributed by atoms with Gasteiger partial charge >= 0.3 is 0 Å². The molecule has 168 valence electrons. The number of rotatable bonds is 10. The van der Waals surface area contributed by atoms with E-state index in [-0.39, 0.29) is 23.3 Å². The van der Waals surface area contributed by atoms with Crippen molar-refractivity contribution in [3.8, 4) is 11.5 Å². The number of carbonyl (C=O) groups is 1. The lowest BCUT2D eigenvalue weighted by molar-refractivity contribution is -0.123. The first-order valence-electron chi connectivity index (χ1n) is 10.9. The molecule has 2 aromatic rings. The smallest absolute Gasteiger partial charge is 0.277 e. The molecule has 2 rings (SSSR count). The molecule has 1 amide bonds. The van der Waals surface area contributed by atoms with Gasteiger partial charge in [0.05, 0.1) is 12.8 Å². The van der Waals surface area contributed by atoms with Gasteiger partial charge in [-0.2, -0.15) is 5.10 Å². The highest BCUT2D eigenvalue weighted by molar-refractivity contribution is 5.83. The molecule has 1 N–H and O–H groups in total. The first-order valence-corrected chi connectivity index (χ1v) is 10.9. The van der Waals surface area contributed by atoms with Gasteiger partial charge < -0.3 is 9.47 Å². The van der Waals surface area contributed by atoms with E-state index in [2.05, 4.69) is 64.2 Å². The standard InChI is InChI=1S/C26H36N2O3/c1-7-16-30-22-12-8-20(9-13-22)17-27-28-24(29)18-31-23-14-10-21(11-15-23)26(5,6)19-25(2,3)4/h8-15,17H,7,16,18-19H2,1-6H3,(H,28,29)/b27-17+. The highest BCUT2D eigenvalue weighted by Gasteiger charge is 2.27. The second-order valence-corrected chi connectivity index (χ2v) is 9.65. The third-order valence-corrected chi connectivity index (χ3v) is 4.73. The Morgan fingerprint density at radius 1 is 0.935 bits per heavy atom. The van der Waals surface area contributed by atoms with Gasteiger partial charge in [0.2, 0.25) is 0 Å². The summed E-state index contributed by atoms with van der Waals surface area (Å²) in [6, 6.07) is 15.5. The van der Waals surface area contributed by atoms with E-state index in [4.69, 9.17) is 9.47 Å². The first-order chi connectivity index (χ1) is 14.6. The Bertz CT molecular complexity index is 848. The Balaban J connectivity index is 1.80. The maximum absolute atomic E-state index is 12.0. The number of nitrogens with one attached hydrogen (secondary N) is 1. The van der Waals surface area contributed by atoms with E-state index < -0.39 is 0 Å². The summed E-state index contributed by atoms with van der Waals surface area (Å²) in [4.78, 5) is 12.0.